The summed E-state index contributed by atoms with van der Waals surface area (Å²) in [7, 11) is 0. The molecule has 2 heterocycles. The summed E-state index contributed by atoms with van der Waals surface area (Å²) in [6.07, 6.45) is 5.40. The lowest BCUT2D eigenvalue weighted by atomic mass is 10.0. The molecule has 1 aliphatic heterocycles. The van der Waals surface area contributed by atoms with Gasteiger partial charge < -0.3 is 10.2 Å². The molecule has 0 bridgehead atoms. The van der Waals surface area contributed by atoms with E-state index in [1.807, 2.05) is 19.9 Å². The van der Waals surface area contributed by atoms with E-state index in [9.17, 15) is 9.59 Å². The van der Waals surface area contributed by atoms with Crippen molar-refractivity contribution in [3.05, 3.63) is 22.5 Å². The second-order valence-electron chi connectivity index (χ2n) is 6.93. The zero-order valence-corrected chi connectivity index (χ0v) is 14.0. The molecule has 126 valence electrons. The van der Waals surface area contributed by atoms with Gasteiger partial charge in [0.2, 0.25) is 5.91 Å². The Hall–Kier alpha value is -1.85. The molecule has 1 unspecified atom stereocenters. The van der Waals surface area contributed by atoms with Crippen LogP contribution in [0.15, 0.2) is 16.9 Å². The molecule has 23 heavy (non-hydrogen) atoms. The summed E-state index contributed by atoms with van der Waals surface area (Å²) >= 11 is 0. The van der Waals surface area contributed by atoms with E-state index < -0.39 is 0 Å². The summed E-state index contributed by atoms with van der Waals surface area (Å²) in [6, 6.07) is 3.70. The number of rotatable bonds is 5. The van der Waals surface area contributed by atoms with Crippen molar-refractivity contribution in [2.75, 3.05) is 18.0 Å². The van der Waals surface area contributed by atoms with E-state index in [1.165, 1.54) is 11.1 Å². The number of piperidine rings is 1. The maximum atomic E-state index is 11.9. The minimum atomic E-state index is -0.0701. The van der Waals surface area contributed by atoms with Crippen molar-refractivity contribution in [1.82, 2.24) is 15.1 Å². The van der Waals surface area contributed by atoms with Crippen molar-refractivity contribution in [2.45, 2.75) is 58.0 Å². The van der Waals surface area contributed by atoms with Crippen LogP contribution in [0.1, 0.15) is 52.0 Å². The van der Waals surface area contributed by atoms with Gasteiger partial charge in [-0.05, 0) is 52.0 Å². The normalized spacial score (nSPS) is 21.5. The Kier molecular flexibility index (Phi) is 4.68. The van der Waals surface area contributed by atoms with Crippen LogP contribution < -0.4 is 15.8 Å². The Bertz CT molecular complexity index is 621. The zero-order chi connectivity index (χ0) is 16.4. The molecule has 1 aromatic heterocycles. The molecule has 0 aromatic carbocycles. The topological polar surface area (TPSA) is 67.2 Å². The zero-order valence-electron chi connectivity index (χ0n) is 14.0. The molecule has 6 heteroatoms. The number of nitrogens with one attached hydrogen (secondary N) is 1. The summed E-state index contributed by atoms with van der Waals surface area (Å²) in [5, 5.41) is 7.62. The highest BCUT2D eigenvalue weighted by Gasteiger charge is 2.31. The fourth-order valence-electron chi connectivity index (χ4n) is 3.16. The lowest BCUT2D eigenvalue weighted by Crippen LogP contribution is -2.48. The molecule has 1 aromatic rings. The highest BCUT2D eigenvalue weighted by atomic mass is 16.2. The standard InChI is InChI=1S/C17H26N4O2/c1-12(2)21-16(22)9-8-15(19-21)20-10-4-3-5-14(20)11-18-17(23)13-6-7-13/h8-9,12-14H,3-7,10-11H2,1-2H3,(H,18,23). The predicted octanol–water partition coefficient (Wildman–Crippen LogP) is 1.71. The molecular weight excluding hydrogens is 292 g/mol. The number of hydrogen-bond donors (Lipinski definition) is 1. The predicted molar refractivity (Wildman–Crippen MR) is 89.6 cm³/mol. The summed E-state index contributed by atoms with van der Waals surface area (Å²) < 4.78 is 1.53. The molecule has 2 aliphatic rings. The molecule has 0 spiro atoms. The van der Waals surface area contributed by atoms with E-state index >= 15 is 0 Å². The van der Waals surface area contributed by atoms with Gasteiger partial charge in [-0.15, -0.1) is 0 Å². The molecule has 0 radical (unpaired) electrons. The number of carbonyl (C=O) groups is 1. The monoisotopic (exact) mass is 318 g/mol. The summed E-state index contributed by atoms with van der Waals surface area (Å²) in [6.45, 7) is 5.51. The molecule has 6 nitrogen and oxygen atoms in total. The number of hydrogen-bond acceptors (Lipinski definition) is 4. The van der Waals surface area contributed by atoms with Crippen molar-refractivity contribution >= 4 is 11.7 Å². The van der Waals surface area contributed by atoms with E-state index in [1.54, 1.807) is 6.07 Å². The van der Waals surface area contributed by atoms with Crippen LogP contribution in [0.2, 0.25) is 0 Å². The Morgan fingerprint density at radius 3 is 2.78 bits per heavy atom. The SMILES string of the molecule is CC(C)n1nc(N2CCCCC2CNC(=O)C2CC2)ccc1=O. The first kappa shape index (κ1) is 16.0. The van der Waals surface area contributed by atoms with Crippen molar-refractivity contribution in [3.63, 3.8) is 0 Å². The first-order valence-electron chi connectivity index (χ1n) is 8.70. The highest BCUT2D eigenvalue weighted by Crippen LogP contribution is 2.29. The Morgan fingerprint density at radius 2 is 2.09 bits per heavy atom. The van der Waals surface area contributed by atoms with Crippen molar-refractivity contribution < 1.29 is 4.79 Å². The number of anilines is 1. The van der Waals surface area contributed by atoms with Gasteiger partial charge in [-0.25, -0.2) is 4.68 Å². The van der Waals surface area contributed by atoms with Crippen LogP contribution >= 0.6 is 0 Å². The average molecular weight is 318 g/mol. The van der Waals surface area contributed by atoms with E-state index in [4.69, 9.17) is 0 Å². The third kappa shape index (κ3) is 3.74. The molecular formula is C17H26N4O2. The fraction of sp³-hybridized carbons (Fsp3) is 0.706. The molecule has 3 rings (SSSR count). The Labute approximate surface area is 136 Å². The van der Waals surface area contributed by atoms with E-state index in [0.717, 1.165) is 38.0 Å². The van der Waals surface area contributed by atoms with Crippen LogP contribution in [0.3, 0.4) is 0 Å². The molecule has 1 atom stereocenters. The molecule has 1 amide bonds. The summed E-state index contributed by atoms with van der Waals surface area (Å²) in [4.78, 5) is 26.0. The van der Waals surface area contributed by atoms with Gasteiger partial charge in [-0.3, -0.25) is 9.59 Å². The van der Waals surface area contributed by atoms with Gasteiger partial charge >= 0.3 is 0 Å². The van der Waals surface area contributed by atoms with E-state index in [-0.39, 0.29) is 29.5 Å². The smallest absolute Gasteiger partial charge is 0.267 e. The lowest BCUT2D eigenvalue weighted by molar-refractivity contribution is -0.122. The largest absolute Gasteiger partial charge is 0.354 e. The first-order chi connectivity index (χ1) is 11.1. The van der Waals surface area contributed by atoms with Crippen molar-refractivity contribution in [3.8, 4) is 0 Å². The number of nitrogens with zero attached hydrogens (tertiary/aromatic N) is 3. The van der Waals surface area contributed by atoms with Crippen LogP contribution in [0.25, 0.3) is 0 Å². The van der Waals surface area contributed by atoms with E-state index in [0.29, 0.717) is 6.54 Å². The number of carbonyl (C=O) groups excluding carboxylic acids is 1. The number of aromatic nitrogens is 2. The van der Waals surface area contributed by atoms with Crippen molar-refractivity contribution in [2.24, 2.45) is 5.92 Å². The fourth-order valence-corrected chi connectivity index (χ4v) is 3.16. The van der Waals surface area contributed by atoms with Crippen LogP contribution in [-0.2, 0) is 4.79 Å². The third-order valence-corrected chi connectivity index (χ3v) is 4.68. The Morgan fingerprint density at radius 1 is 1.30 bits per heavy atom. The minimum Gasteiger partial charge on any atom is -0.354 e. The summed E-state index contributed by atoms with van der Waals surface area (Å²) in [5.41, 5.74) is -0.0701. The van der Waals surface area contributed by atoms with Gasteiger partial charge in [0.05, 0.1) is 6.04 Å². The maximum absolute atomic E-state index is 11.9. The average Bonchev–Trinajstić information content (AvgIpc) is 3.38. The van der Waals surface area contributed by atoms with Crippen LogP contribution in [0.5, 0.6) is 0 Å². The maximum Gasteiger partial charge on any atom is 0.267 e. The first-order valence-corrected chi connectivity index (χ1v) is 8.70. The molecule has 1 saturated carbocycles. The summed E-state index contributed by atoms with van der Waals surface area (Å²) in [5.74, 6) is 1.27. The van der Waals surface area contributed by atoms with Gasteiger partial charge in [0, 0.05) is 31.1 Å². The van der Waals surface area contributed by atoms with Crippen LogP contribution in [0.4, 0.5) is 5.82 Å². The van der Waals surface area contributed by atoms with Gasteiger partial charge in [0.25, 0.3) is 5.56 Å². The molecule has 1 N–H and O–H groups in total. The van der Waals surface area contributed by atoms with Crippen molar-refractivity contribution in [1.29, 1.82) is 0 Å². The van der Waals surface area contributed by atoms with Crippen LogP contribution in [0, 0.1) is 5.92 Å². The second-order valence-corrected chi connectivity index (χ2v) is 6.93. The van der Waals surface area contributed by atoms with Gasteiger partial charge in [0.15, 0.2) is 0 Å². The van der Waals surface area contributed by atoms with Gasteiger partial charge in [-0.2, -0.15) is 5.10 Å². The second kappa shape index (κ2) is 6.72. The lowest BCUT2D eigenvalue weighted by Gasteiger charge is -2.37. The molecule has 2 fully saturated rings. The quantitative estimate of drug-likeness (QED) is 0.897. The Balaban J connectivity index is 1.73. The van der Waals surface area contributed by atoms with Gasteiger partial charge in [-0.1, -0.05) is 0 Å². The number of amides is 1. The third-order valence-electron chi connectivity index (χ3n) is 4.68. The minimum absolute atomic E-state index is 0.0419. The molecule has 1 aliphatic carbocycles. The van der Waals surface area contributed by atoms with E-state index in [2.05, 4.69) is 15.3 Å². The van der Waals surface area contributed by atoms with Crippen LogP contribution in [-0.4, -0.2) is 34.8 Å². The van der Waals surface area contributed by atoms with Gasteiger partial charge in [0.1, 0.15) is 5.82 Å². The highest BCUT2D eigenvalue weighted by molar-refractivity contribution is 5.80. The molecule has 1 saturated heterocycles.